The summed E-state index contributed by atoms with van der Waals surface area (Å²) in [5.74, 6) is -0.854. The van der Waals surface area contributed by atoms with Crippen LogP contribution in [0.5, 0.6) is 5.75 Å². The molecule has 154 valence electrons. The number of fused-ring (bicyclic) bond motifs is 1. The summed E-state index contributed by atoms with van der Waals surface area (Å²) in [5.41, 5.74) is 2.62. The number of aromatic nitrogens is 1. The zero-order chi connectivity index (χ0) is 20.7. The molecule has 2 aromatic carbocycles. The lowest BCUT2D eigenvalue weighted by atomic mass is 10.1. The number of rotatable bonds is 3. The molecule has 2 aliphatic rings. The van der Waals surface area contributed by atoms with E-state index in [1.54, 1.807) is 0 Å². The van der Waals surface area contributed by atoms with E-state index in [1.165, 1.54) is 23.5 Å². The first-order valence-electron chi connectivity index (χ1n) is 9.85. The van der Waals surface area contributed by atoms with Gasteiger partial charge in [-0.25, -0.2) is 13.8 Å². The van der Waals surface area contributed by atoms with E-state index in [4.69, 9.17) is 4.74 Å². The van der Waals surface area contributed by atoms with Crippen molar-refractivity contribution in [1.29, 1.82) is 0 Å². The fraction of sp³-hybridized carbons (Fsp3) is 0.273. The van der Waals surface area contributed by atoms with Gasteiger partial charge in [0, 0.05) is 23.1 Å². The number of nitrogens with one attached hydrogen (secondary N) is 1. The van der Waals surface area contributed by atoms with Gasteiger partial charge in [-0.05, 0) is 43.2 Å². The SMILES string of the molecule is O=C1COc2ccc(-c3csc(=Nc4ccc(F)cc4F)n3C3CCCC3)cc2N1. The number of carbonyl (C=O) groups is 1. The maximum Gasteiger partial charge on any atom is 0.262 e. The van der Waals surface area contributed by atoms with E-state index >= 15 is 0 Å². The number of thiazole rings is 1. The van der Waals surface area contributed by atoms with Crippen molar-refractivity contribution in [3.63, 3.8) is 0 Å². The normalized spacial score (nSPS) is 17.0. The Morgan fingerprint density at radius 1 is 1.13 bits per heavy atom. The predicted molar refractivity (Wildman–Crippen MR) is 111 cm³/mol. The minimum absolute atomic E-state index is 0.0130. The molecule has 30 heavy (non-hydrogen) atoms. The predicted octanol–water partition coefficient (Wildman–Crippen LogP) is 5.17. The van der Waals surface area contributed by atoms with Crippen LogP contribution in [0.4, 0.5) is 20.2 Å². The van der Waals surface area contributed by atoms with Crippen molar-refractivity contribution in [2.75, 3.05) is 11.9 Å². The average molecular weight is 427 g/mol. The van der Waals surface area contributed by atoms with E-state index in [-0.39, 0.29) is 24.2 Å². The molecular formula is C22H19F2N3O2S. The van der Waals surface area contributed by atoms with Crippen molar-refractivity contribution in [2.45, 2.75) is 31.7 Å². The number of halogens is 2. The van der Waals surface area contributed by atoms with Crippen LogP contribution < -0.4 is 14.9 Å². The van der Waals surface area contributed by atoms with E-state index in [0.29, 0.717) is 16.2 Å². The van der Waals surface area contributed by atoms with Gasteiger partial charge in [-0.1, -0.05) is 12.8 Å². The van der Waals surface area contributed by atoms with Crippen LogP contribution in [0.2, 0.25) is 0 Å². The fourth-order valence-corrected chi connectivity index (χ4v) is 5.02. The smallest absolute Gasteiger partial charge is 0.262 e. The van der Waals surface area contributed by atoms with Gasteiger partial charge in [0.2, 0.25) is 0 Å². The third-order valence-electron chi connectivity index (χ3n) is 5.47. The summed E-state index contributed by atoms with van der Waals surface area (Å²) in [7, 11) is 0. The van der Waals surface area contributed by atoms with Gasteiger partial charge in [0.05, 0.1) is 11.4 Å². The number of nitrogens with zero attached hydrogens (tertiary/aromatic N) is 2. The van der Waals surface area contributed by atoms with Gasteiger partial charge in [-0.15, -0.1) is 11.3 Å². The zero-order valence-electron chi connectivity index (χ0n) is 16.0. The third-order valence-corrected chi connectivity index (χ3v) is 6.31. The summed E-state index contributed by atoms with van der Waals surface area (Å²) in [4.78, 5) is 16.9. The van der Waals surface area contributed by atoms with Crippen molar-refractivity contribution in [2.24, 2.45) is 4.99 Å². The lowest BCUT2D eigenvalue weighted by Crippen LogP contribution is -2.25. The number of benzene rings is 2. The summed E-state index contributed by atoms with van der Waals surface area (Å²) in [6.07, 6.45) is 4.30. The molecular weight excluding hydrogens is 408 g/mol. The molecule has 0 saturated heterocycles. The molecule has 0 atom stereocenters. The Morgan fingerprint density at radius 3 is 2.77 bits per heavy atom. The summed E-state index contributed by atoms with van der Waals surface area (Å²) in [6, 6.07) is 9.36. The monoisotopic (exact) mass is 427 g/mol. The molecule has 3 aromatic rings. The Balaban J connectivity index is 1.64. The Bertz CT molecular complexity index is 1200. The number of hydrogen-bond acceptors (Lipinski definition) is 4. The van der Waals surface area contributed by atoms with Gasteiger partial charge in [0.25, 0.3) is 5.91 Å². The Labute approximate surface area is 175 Å². The van der Waals surface area contributed by atoms with Crippen LogP contribution in [0.15, 0.2) is 46.8 Å². The highest BCUT2D eigenvalue weighted by Gasteiger charge is 2.23. The van der Waals surface area contributed by atoms with Crippen LogP contribution >= 0.6 is 11.3 Å². The average Bonchev–Trinajstić information content (AvgIpc) is 3.39. The van der Waals surface area contributed by atoms with Gasteiger partial charge in [-0.3, -0.25) is 4.79 Å². The molecule has 1 N–H and O–H groups in total. The van der Waals surface area contributed by atoms with Crippen molar-refractivity contribution >= 4 is 28.6 Å². The molecule has 0 bridgehead atoms. The molecule has 1 aliphatic heterocycles. The van der Waals surface area contributed by atoms with Crippen LogP contribution in [0.25, 0.3) is 11.3 Å². The molecule has 5 rings (SSSR count). The number of carbonyl (C=O) groups excluding carboxylic acids is 1. The molecule has 0 spiro atoms. The quantitative estimate of drug-likeness (QED) is 0.627. The van der Waals surface area contributed by atoms with Crippen molar-refractivity contribution in [3.8, 4) is 17.0 Å². The van der Waals surface area contributed by atoms with Crippen molar-refractivity contribution in [3.05, 3.63) is 58.2 Å². The van der Waals surface area contributed by atoms with Crippen LogP contribution in [-0.2, 0) is 4.79 Å². The molecule has 8 heteroatoms. The van der Waals surface area contributed by atoms with Crippen LogP contribution in [0, 0.1) is 11.6 Å². The zero-order valence-corrected chi connectivity index (χ0v) is 16.8. The molecule has 2 heterocycles. The van der Waals surface area contributed by atoms with Gasteiger partial charge < -0.3 is 14.6 Å². The Morgan fingerprint density at radius 2 is 1.97 bits per heavy atom. The lowest BCUT2D eigenvalue weighted by Gasteiger charge is -2.20. The maximum atomic E-state index is 14.2. The third kappa shape index (κ3) is 3.52. The topological polar surface area (TPSA) is 55.6 Å². The van der Waals surface area contributed by atoms with E-state index < -0.39 is 11.6 Å². The second kappa shape index (κ2) is 7.68. The standard InChI is InChI=1S/C22H19F2N3O2S/c23-14-6-7-17(16(24)10-14)26-22-27(15-3-1-2-4-15)19(12-30-22)13-5-8-20-18(9-13)25-21(28)11-29-20/h5-10,12,15H,1-4,11H2,(H,25,28). The summed E-state index contributed by atoms with van der Waals surface area (Å²) in [6.45, 7) is 0.0130. The lowest BCUT2D eigenvalue weighted by molar-refractivity contribution is -0.118. The van der Waals surface area contributed by atoms with Gasteiger partial charge >= 0.3 is 0 Å². The highest BCUT2D eigenvalue weighted by atomic mass is 32.1. The molecule has 0 radical (unpaired) electrons. The summed E-state index contributed by atoms with van der Waals surface area (Å²) < 4.78 is 35.1. The fourth-order valence-electron chi connectivity index (χ4n) is 4.05. The first-order valence-corrected chi connectivity index (χ1v) is 10.7. The summed E-state index contributed by atoms with van der Waals surface area (Å²) in [5, 5.41) is 4.83. The van der Waals surface area contributed by atoms with E-state index in [2.05, 4.69) is 14.9 Å². The molecule has 1 fully saturated rings. The van der Waals surface area contributed by atoms with Crippen LogP contribution in [0.3, 0.4) is 0 Å². The molecule has 1 amide bonds. The number of ether oxygens (including phenoxy) is 1. The molecule has 1 aromatic heterocycles. The minimum atomic E-state index is -0.684. The molecule has 5 nitrogen and oxygen atoms in total. The largest absolute Gasteiger partial charge is 0.482 e. The number of hydrogen-bond donors (Lipinski definition) is 1. The highest BCUT2D eigenvalue weighted by molar-refractivity contribution is 7.07. The van der Waals surface area contributed by atoms with Gasteiger partial charge in [0.15, 0.2) is 17.2 Å². The van der Waals surface area contributed by atoms with Crippen molar-refractivity contribution in [1.82, 2.24) is 4.57 Å². The molecule has 1 saturated carbocycles. The van der Waals surface area contributed by atoms with E-state index in [9.17, 15) is 13.6 Å². The molecule has 0 unspecified atom stereocenters. The van der Waals surface area contributed by atoms with Crippen molar-refractivity contribution < 1.29 is 18.3 Å². The number of amides is 1. The molecule has 1 aliphatic carbocycles. The first-order chi connectivity index (χ1) is 14.6. The Hall–Kier alpha value is -3.00. The summed E-state index contributed by atoms with van der Waals surface area (Å²) >= 11 is 1.42. The second-order valence-corrected chi connectivity index (χ2v) is 8.30. The highest BCUT2D eigenvalue weighted by Crippen LogP contribution is 2.37. The van der Waals surface area contributed by atoms with Crippen LogP contribution in [-0.4, -0.2) is 17.1 Å². The van der Waals surface area contributed by atoms with Gasteiger partial charge in [0.1, 0.15) is 17.3 Å². The van der Waals surface area contributed by atoms with E-state index in [1.807, 2.05) is 23.6 Å². The number of anilines is 1. The van der Waals surface area contributed by atoms with E-state index in [0.717, 1.165) is 43.0 Å². The Kier molecular flexibility index (Phi) is 4.86. The maximum absolute atomic E-state index is 14.2. The minimum Gasteiger partial charge on any atom is -0.482 e. The van der Waals surface area contributed by atoms with Gasteiger partial charge in [-0.2, -0.15) is 0 Å². The van der Waals surface area contributed by atoms with Crippen LogP contribution in [0.1, 0.15) is 31.7 Å². The second-order valence-electron chi connectivity index (χ2n) is 7.47. The first kappa shape index (κ1) is 19.0.